The summed E-state index contributed by atoms with van der Waals surface area (Å²) in [7, 11) is 1.65. The number of ether oxygens (including phenoxy) is 2. The van der Waals surface area contributed by atoms with E-state index in [2.05, 4.69) is 9.80 Å². The van der Waals surface area contributed by atoms with Crippen LogP contribution < -0.4 is 9.47 Å². The highest BCUT2D eigenvalue weighted by molar-refractivity contribution is 5.82. The Morgan fingerprint density at radius 2 is 1.92 bits per heavy atom. The summed E-state index contributed by atoms with van der Waals surface area (Å²) in [5.74, 6) is 1.94. The Kier molecular flexibility index (Phi) is 5.96. The Labute approximate surface area is 144 Å². The zero-order valence-corrected chi connectivity index (χ0v) is 14.6. The minimum atomic E-state index is 0.0528. The summed E-state index contributed by atoms with van der Waals surface area (Å²) in [5.41, 5.74) is 0. The maximum absolute atomic E-state index is 12.8. The maximum atomic E-state index is 12.8. The van der Waals surface area contributed by atoms with Crippen LogP contribution in [0.2, 0.25) is 0 Å². The fourth-order valence-corrected chi connectivity index (χ4v) is 3.67. The van der Waals surface area contributed by atoms with E-state index in [9.17, 15) is 4.79 Å². The topological polar surface area (TPSA) is 42.0 Å². The molecule has 132 valence electrons. The average Bonchev–Trinajstić information content (AvgIpc) is 3.10. The van der Waals surface area contributed by atoms with Crippen molar-refractivity contribution in [3.63, 3.8) is 0 Å². The van der Waals surface area contributed by atoms with E-state index in [0.29, 0.717) is 12.5 Å². The number of hydrogen-bond acceptors (Lipinski definition) is 4. The second-order valence-electron chi connectivity index (χ2n) is 6.61. The van der Waals surface area contributed by atoms with Crippen molar-refractivity contribution < 1.29 is 14.3 Å². The van der Waals surface area contributed by atoms with Crippen molar-refractivity contribution in [2.24, 2.45) is 0 Å². The van der Waals surface area contributed by atoms with Crippen LogP contribution in [0.3, 0.4) is 0 Å². The summed E-state index contributed by atoms with van der Waals surface area (Å²) in [4.78, 5) is 17.1. The lowest BCUT2D eigenvalue weighted by Gasteiger charge is -2.32. The molecule has 3 rings (SSSR count). The zero-order valence-electron chi connectivity index (χ0n) is 14.6. The quantitative estimate of drug-likeness (QED) is 0.803. The third-order valence-electron chi connectivity index (χ3n) is 5.00. The summed E-state index contributed by atoms with van der Waals surface area (Å²) >= 11 is 0. The van der Waals surface area contributed by atoms with E-state index in [4.69, 9.17) is 9.47 Å². The first-order valence-corrected chi connectivity index (χ1v) is 9.07. The lowest BCUT2D eigenvalue weighted by Crippen LogP contribution is -2.48. The molecule has 5 heteroatoms. The van der Waals surface area contributed by atoms with Crippen LogP contribution in [0, 0.1) is 0 Å². The van der Waals surface area contributed by atoms with Crippen LogP contribution >= 0.6 is 0 Å². The Bertz CT molecular complexity index is 543. The van der Waals surface area contributed by atoms with Gasteiger partial charge in [-0.2, -0.15) is 0 Å². The molecule has 2 aliphatic rings. The Morgan fingerprint density at radius 1 is 1.12 bits per heavy atom. The number of methoxy groups -OCH3 is 1. The van der Waals surface area contributed by atoms with Gasteiger partial charge in [-0.3, -0.25) is 9.69 Å². The van der Waals surface area contributed by atoms with Crippen molar-refractivity contribution in [2.45, 2.75) is 38.1 Å². The second kappa shape index (κ2) is 8.38. The summed E-state index contributed by atoms with van der Waals surface area (Å²) in [6.07, 6.45) is 5.64. The van der Waals surface area contributed by atoms with Crippen molar-refractivity contribution in [3.8, 4) is 11.5 Å². The minimum Gasteiger partial charge on any atom is -0.497 e. The molecular formula is C19H28N2O3. The monoisotopic (exact) mass is 332 g/mol. The predicted octanol–water partition coefficient (Wildman–Crippen LogP) is 2.55. The third-order valence-corrected chi connectivity index (χ3v) is 5.00. The smallest absolute Gasteiger partial charge is 0.239 e. The van der Waals surface area contributed by atoms with Gasteiger partial charge in [0.15, 0.2) is 0 Å². The van der Waals surface area contributed by atoms with Crippen LogP contribution in [-0.4, -0.2) is 61.6 Å². The highest BCUT2D eigenvalue weighted by Crippen LogP contribution is 2.22. The molecule has 1 aromatic carbocycles. The number of benzene rings is 1. The molecule has 0 bridgehead atoms. The van der Waals surface area contributed by atoms with Gasteiger partial charge in [0.05, 0.1) is 13.2 Å². The van der Waals surface area contributed by atoms with Crippen LogP contribution in [0.25, 0.3) is 0 Å². The van der Waals surface area contributed by atoms with Gasteiger partial charge in [0.25, 0.3) is 0 Å². The van der Waals surface area contributed by atoms with Crippen molar-refractivity contribution in [3.05, 3.63) is 24.3 Å². The lowest BCUT2D eigenvalue weighted by atomic mass is 10.1. The van der Waals surface area contributed by atoms with Crippen LogP contribution in [0.5, 0.6) is 11.5 Å². The largest absolute Gasteiger partial charge is 0.497 e. The van der Waals surface area contributed by atoms with E-state index in [-0.39, 0.29) is 6.04 Å². The standard InChI is InChI=1S/C19H28N2O3/c1-23-16-7-5-8-17(15-16)24-14-13-20-12-6-9-18(20)19(22)21-10-3-2-4-11-21/h5,7-8,15,18H,2-4,6,9-14H2,1H3/t18-/m0/s1. The number of nitrogens with zero attached hydrogens (tertiary/aromatic N) is 2. The molecule has 2 heterocycles. The normalized spacial score (nSPS) is 21.7. The average molecular weight is 332 g/mol. The molecular weight excluding hydrogens is 304 g/mol. The fourth-order valence-electron chi connectivity index (χ4n) is 3.67. The van der Waals surface area contributed by atoms with Crippen molar-refractivity contribution >= 4 is 5.91 Å². The van der Waals surface area contributed by atoms with Crippen LogP contribution in [0.15, 0.2) is 24.3 Å². The molecule has 1 aromatic rings. The number of amides is 1. The minimum absolute atomic E-state index is 0.0528. The van der Waals surface area contributed by atoms with Crippen molar-refractivity contribution in [1.29, 1.82) is 0 Å². The van der Waals surface area contributed by atoms with E-state index < -0.39 is 0 Å². The molecule has 0 saturated carbocycles. The van der Waals surface area contributed by atoms with Gasteiger partial charge < -0.3 is 14.4 Å². The van der Waals surface area contributed by atoms with Gasteiger partial charge in [-0.1, -0.05) is 6.07 Å². The number of hydrogen-bond donors (Lipinski definition) is 0. The molecule has 0 spiro atoms. The van der Waals surface area contributed by atoms with E-state index in [1.165, 1.54) is 6.42 Å². The first kappa shape index (κ1) is 17.1. The van der Waals surface area contributed by atoms with Gasteiger partial charge in [0.1, 0.15) is 18.1 Å². The number of piperidine rings is 1. The molecule has 24 heavy (non-hydrogen) atoms. The molecule has 2 aliphatic heterocycles. The highest BCUT2D eigenvalue weighted by Gasteiger charge is 2.33. The van der Waals surface area contributed by atoms with Crippen molar-refractivity contribution in [2.75, 3.05) is 39.9 Å². The maximum Gasteiger partial charge on any atom is 0.239 e. The molecule has 0 N–H and O–H groups in total. The molecule has 2 saturated heterocycles. The van der Waals surface area contributed by atoms with Gasteiger partial charge in [-0.15, -0.1) is 0 Å². The first-order chi connectivity index (χ1) is 11.8. The van der Waals surface area contributed by atoms with Gasteiger partial charge in [0.2, 0.25) is 5.91 Å². The van der Waals surface area contributed by atoms with Crippen LogP contribution in [0.4, 0.5) is 0 Å². The Hall–Kier alpha value is -1.75. The molecule has 0 radical (unpaired) electrons. The number of carbonyl (C=O) groups is 1. The predicted molar refractivity (Wildman–Crippen MR) is 93.5 cm³/mol. The molecule has 5 nitrogen and oxygen atoms in total. The lowest BCUT2D eigenvalue weighted by molar-refractivity contribution is -0.137. The fraction of sp³-hybridized carbons (Fsp3) is 0.632. The number of carbonyl (C=O) groups excluding carboxylic acids is 1. The molecule has 0 aromatic heterocycles. The van der Waals surface area contributed by atoms with Gasteiger partial charge in [0, 0.05) is 25.7 Å². The second-order valence-corrected chi connectivity index (χ2v) is 6.61. The van der Waals surface area contributed by atoms with Crippen LogP contribution in [0.1, 0.15) is 32.1 Å². The summed E-state index contributed by atoms with van der Waals surface area (Å²) in [6.45, 7) is 4.25. The van der Waals surface area contributed by atoms with Crippen molar-refractivity contribution in [1.82, 2.24) is 9.80 Å². The van der Waals surface area contributed by atoms with Gasteiger partial charge >= 0.3 is 0 Å². The van der Waals surface area contributed by atoms with Crippen LogP contribution in [-0.2, 0) is 4.79 Å². The molecule has 1 atom stereocenters. The molecule has 0 aliphatic carbocycles. The van der Waals surface area contributed by atoms with Gasteiger partial charge in [-0.25, -0.2) is 0 Å². The third kappa shape index (κ3) is 4.20. The highest BCUT2D eigenvalue weighted by atomic mass is 16.5. The van der Waals surface area contributed by atoms with E-state index in [0.717, 1.165) is 63.4 Å². The molecule has 1 amide bonds. The first-order valence-electron chi connectivity index (χ1n) is 9.07. The Morgan fingerprint density at radius 3 is 2.71 bits per heavy atom. The van der Waals surface area contributed by atoms with E-state index in [1.54, 1.807) is 7.11 Å². The van der Waals surface area contributed by atoms with Gasteiger partial charge in [-0.05, 0) is 50.8 Å². The Balaban J connectivity index is 1.49. The molecule has 0 unspecified atom stereocenters. The van der Waals surface area contributed by atoms with E-state index >= 15 is 0 Å². The number of rotatable bonds is 6. The zero-order chi connectivity index (χ0) is 16.8. The summed E-state index contributed by atoms with van der Waals surface area (Å²) in [6, 6.07) is 7.70. The number of likely N-dealkylation sites (tertiary alicyclic amines) is 2. The summed E-state index contributed by atoms with van der Waals surface area (Å²) in [5, 5.41) is 0. The van der Waals surface area contributed by atoms with E-state index in [1.807, 2.05) is 24.3 Å². The SMILES string of the molecule is COc1cccc(OCCN2CCC[C@H]2C(=O)N2CCCCC2)c1. The molecule has 2 fully saturated rings. The summed E-state index contributed by atoms with van der Waals surface area (Å²) < 4.78 is 11.0.